The second-order valence-corrected chi connectivity index (χ2v) is 4.30. The molecule has 0 aliphatic rings. The predicted molar refractivity (Wildman–Crippen MR) is 77.9 cm³/mol. The van der Waals surface area contributed by atoms with Crippen LogP contribution in [0.3, 0.4) is 0 Å². The Hall–Kier alpha value is -2.58. The molecule has 0 amide bonds. The fraction of sp³-hybridized carbons (Fsp3) is 0.286. The van der Waals surface area contributed by atoms with Gasteiger partial charge in [-0.05, 0) is 26.0 Å². The first-order valence-electron chi connectivity index (χ1n) is 6.27. The Balaban J connectivity index is 0.000000306. The van der Waals surface area contributed by atoms with E-state index >= 15 is 0 Å². The van der Waals surface area contributed by atoms with Crippen molar-refractivity contribution in [3.63, 3.8) is 0 Å². The minimum atomic E-state index is -1.82. The minimum Gasteiger partial charge on any atom is -0.473 e. The zero-order chi connectivity index (χ0) is 17.1. The van der Waals surface area contributed by atoms with E-state index in [2.05, 4.69) is 0 Å². The number of hydrogen-bond donors (Lipinski definition) is 4. The van der Waals surface area contributed by atoms with Gasteiger partial charge in [0.1, 0.15) is 0 Å². The molecule has 0 spiro atoms. The Kier molecular flexibility index (Phi) is 9.00. The highest BCUT2D eigenvalue weighted by molar-refractivity contribution is 6.27. The number of furan rings is 2. The van der Waals surface area contributed by atoms with E-state index in [9.17, 15) is 0 Å². The fourth-order valence-corrected chi connectivity index (χ4v) is 1.07. The molecule has 0 saturated carbocycles. The molecule has 2 aromatic heterocycles. The molecule has 0 aliphatic carbocycles. The molecular weight excluding hydrogens is 292 g/mol. The van der Waals surface area contributed by atoms with Crippen LogP contribution in [-0.2, 0) is 9.59 Å². The van der Waals surface area contributed by atoms with Crippen molar-refractivity contribution in [2.24, 2.45) is 11.5 Å². The van der Waals surface area contributed by atoms with Crippen molar-refractivity contribution in [3.8, 4) is 0 Å². The molecule has 8 nitrogen and oxygen atoms in total. The Bertz CT molecular complexity index is 481. The summed E-state index contributed by atoms with van der Waals surface area (Å²) in [7, 11) is 0. The van der Waals surface area contributed by atoms with E-state index in [1.165, 1.54) is 0 Å². The zero-order valence-corrected chi connectivity index (χ0v) is 12.3. The summed E-state index contributed by atoms with van der Waals surface area (Å²) in [5, 5.41) is 14.8. The first kappa shape index (κ1) is 19.4. The highest BCUT2D eigenvalue weighted by atomic mass is 16.4. The van der Waals surface area contributed by atoms with E-state index in [1.807, 2.05) is 26.0 Å². The lowest BCUT2D eigenvalue weighted by molar-refractivity contribution is -0.159. The second-order valence-electron chi connectivity index (χ2n) is 4.30. The van der Waals surface area contributed by atoms with E-state index in [4.69, 9.17) is 40.1 Å². The van der Waals surface area contributed by atoms with Crippen molar-refractivity contribution in [2.45, 2.75) is 25.9 Å². The van der Waals surface area contributed by atoms with Crippen LogP contribution in [0.5, 0.6) is 0 Å². The van der Waals surface area contributed by atoms with Crippen molar-refractivity contribution in [1.29, 1.82) is 0 Å². The summed E-state index contributed by atoms with van der Waals surface area (Å²) >= 11 is 0. The van der Waals surface area contributed by atoms with Crippen molar-refractivity contribution >= 4 is 11.9 Å². The monoisotopic (exact) mass is 312 g/mol. The molecule has 0 fully saturated rings. The van der Waals surface area contributed by atoms with Gasteiger partial charge in [-0.3, -0.25) is 0 Å². The van der Waals surface area contributed by atoms with Gasteiger partial charge in [0.2, 0.25) is 0 Å². The number of carboxylic acids is 2. The molecule has 8 heteroatoms. The van der Waals surface area contributed by atoms with E-state index < -0.39 is 11.9 Å². The standard InChI is InChI=1S/2C6H9NO.C2H2O4/c2*1-5(7)6-2-3-8-4-6;3-1(4)2(5)6/h2*2-5H,7H2,1H3;(H,3,4)(H,5,6). The van der Waals surface area contributed by atoms with E-state index in [1.54, 1.807) is 25.1 Å². The van der Waals surface area contributed by atoms with Gasteiger partial charge < -0.3 is 30.5 Å². The van der Waals surface area contributed by atoms with E-state index in [-0.39, 0.29) is 12.1 Å². The van der Waals surface area contributed by atoms with Gasteiger partial charge in [0.15, 0.2) is 0 Å². The maximum atomic E-state index is 9.10. The van der Waals surface area contributed by atoms with Crippen LogP contribution in [-0.4, -0.2) is 22.2 Å². The molecule has 2 unspecified atom stereocenters. The summed E-state index contributed by atoms with van der Waals surface area (Å²) in [6.45, 7) is 3.84. The quantitative estimate of drug-likeness (QED) is 0.612. The normalized spacial score (nSPS) is 12.0. The lowest BCUT2D eigenvalue weighted by atomic mass is 10.2. The average molecular weight is 312 g/mol. The van der Waals surface area contributed by atoms with Gasteiger partial charge in [-0.25, -0.2) is 9.59 Å². The molecule has 2 rings (SSSR count). The van der Waals surface area contributed by atoms with Gasteiger partial charge in [-0.15, -0.1) is 0 Å². The van der Waals surface area contributed by atoms with E-state index in [0.29, 0.717) is 0 Å². The van der Waals surface area contributed by atoms with Crippen LogP contribution in [0.15, 0.2) is 46.0 Å². The van der Waals surface area contributed by atoms with Crippen molar-refractivity contribution in [3.05, 3.63) is 48.3 Å². The highest BCUT2D eigenvalue weighted by Crippen LogP contribution is 2.08. The molecule has 0 bridgehead atoms. The van der Waals surface area contributed by atoms with Crippen LogP contribution in [0, 0.1) is 0 Å². The topological polar surface area (TPSA) is 153 Å². The van der Waals surface area contributed by atoms with Gasteiger partial charge in [-0.2, -0.15) is 0 Å². The first-order valence-corrected chi connectivity index (χ1v) is 6.27. The smallest absolute Gasteiger partial charge is 0.414 e. The fourth-order valence-electron chi connectivity index (χ4n) is 1.07. The van der Waals surface area contributed by atoms with Gasteiger partial charge >= 0.3 is 11.9 Å². The summed E-state index contributed by atoms with van der Waals surface area (Å²) in [5.74, 6) is -3.65. The molecule has 122 valence electrons. The number of carbonyl (C=O) groups is 2. The Morgan fingerprint density at radius 1 is 0.909 bits per heavy atom. The predicted octanol–water partition coefficient (Wildman–Crippen LogP) is 1.75. The van der Waals surface area contributed by atoms with Crippen LogP contribution in [0.1, 0.15) is 37.1 Å². The number of aliphatic carboxylic acids is 2. The summed E-state index contributed by atoms with van der Waals surface area (Å²) in [6.07, 6.45) is 6.56. The molecule has 0 aliphatic heterocycles. The Labute approximate surface area is 127 Å². The SMILES string of the molecule is CC(N)c1ccoc1.CC(N)c1ccoc1.O=C(O)C(=O)O. The number of rotatable bonds is 2. The third kappa shape index (κ3) is 8.56. The van der Waals surface area contributed by atoms with Gasteiger partial charge in [-0.1, -0.05) is 0 Å². The third-order valence-corrected chi connectivity index (χ3v) is 2.32. The lowest BCUT2D eigenvalue weighted by Crippen LogP contribution is -2.09. The third-order valence-electron chi connectivity index (χ3n) is 2.32. The summed E-state index contributed by atoms with van der Waals surface area (Å²) in [5.41, 5.74) is 13.1. The summed E-state index contributed by atoms with van der Waals surface area (Å²) in [4.78, 5) is 18.2. The maximum Gasteiger partial charge on any atom is 0.414 e. The van der Waals surface area contributed by atoms with Crippen LogP contribution < -0.4 is 11.5 Å². The van der Waals surface area contributed by atoms with Crippen molar-refractivity contribution < 1.29 is 28.6 Å². The molecule has 22 heavy (non-hydrogen) atoms. The van der Waals surface area contributed by atoms with Crippen LogP contribution in [0.4, 0.5) is 0 Å². The molecule has 0 radical (unpaired) electrons. The minimum absolute atomic E-state index is 0.0914. The second kappa shape index (κ2) is 10.2. The largest absolute Gasteiger partial charge is 0.473 e. The average Bonchev–Trinajstić information content (AvgIpc) is 3.14. The number of nitrogens with two attached hydrogens (primary N) is 2. The van der Waals surface area contributed by atoms with Crippen LogP contribution in [0.25, 0.3) is 0 Å². The maximum absolute atomic E-state index is 9.10. The van der Waals surface area contributed by atoms with Crippen molar-refractivity contribution in [1.82, 2.24) is 0 Å². The van der Waals surface area contributed by atoms with Crippen LogP contribution in [0.2, 0.25) is 0 Å². The molecule has 6 N–H and O–H groups in total. The first-order chi connectivity index (χ1) is 10.3. The van der Waals surface area contributed by atoms with Gasteiger partial charge in [0, 0.05) is 23.2 Å². The molecular formula is C14H20N2O6. The lowest BCUT2D eigenvalue weighted by Gasteiger charge is -1.95. The summed E-state index contributed by atoms with van der Waals surface area (Å²) < 4.78 is 9.59. The molecule has 0 aromatic carbocycles. The molecule has 2 aromatic rings. The number of hydrogen-bond acceptors (Lipinski definition) is 6. The molecule has 2 heterocycles. The number of carboxylic acid groups (broad SMARTS) is 2. The highest BCUT2D eigenvalue weighted by Gasteiger charge is 2.04. The van der Waals surface area contributed by atoms with Crippen LogP contribution >= 0.6 is 0 Å². The summed E-state index contributed by atoms with van der Waals surface area (Å²) in [6, 6.07) is 3.91. The zero-order valence-electron chi connectivity index (χ0n) is 12.3. The van der Waals surface area contributed by atoms with Gasteiger partial charge in [0.25, 0.3) is 0 Å². The molecule has 2 atom stereocenters. The Morgan fingerprint density at radius 3 is 1.32 bits per heavy atom. The van der Waals surface area contributed by atoms with Crippen molar-refractivity contribution in [2.75, 3.05) is 0 Å². The Morgan fingerprint density at radius 2 is 1.23 bits per heavy atom. The molecule has 0 saturated heterocycles. The van der Waals surface area contributed by atoms with E-state index in [0.717, 1.165) is 11.1 Å². The van der Waals surface area contributed by atoms with Gasteiger partial charge in [0.05, 0.1) is 25.1 Å².